The first kappa shape index (κ1) is 26.2. The van der Waals surface area contributed by atoms with Crippen molar-refractivity contribution >= 4 is 35.4 Å². The molecule has 1 spiro atoms. The van der Waals surface area contributed by atoms with Crippen molar-refractivity contribution < 1.29 is 29.1 Å². The maximum Gasteiger partial charge on any atom is 0.407 e. The summed E-state index contributed by atoms with van der Waals surface area (Å²) in [5.41, 5.74) is 1.08. The molecule has 2 unspecified atom stereocenters. The topological polar surface area (TPSA) is 136 Å². The number of hydrogen-bond acceptors (Lipinski definition) is 6. The molecule has 1 aromatic rings. The zero-order valence-electron chi connectivity index (χ0n) is 22.2. The number of carbonyl (C=O) groups excluding carboxylic acids is 4. The van der Waals surface area contributed by atoms with E-state index < -0.39 is 35.8 Å². The molecule has 0 radical (unpaired) electrons. The molecule has 1 aliphatic carbocycles. The van der Waals surface area contributed by atoms with E-state index in [1.165, 1.54) is 0 Å². The van der Waals surface area contributed by atoms with Crippen molar-refractivity contribution in [3.05, 3.63) is 29.3 Å². The second-order valence-corrected chi connectivity index (χ2v) is 12.4. The molecule has 3 N–H and O–H groups in total. The zero-order valence-corrected chi connectivity index (χ0v) is 22.2. The van der Waals surface area contributed by atoms with Gasteiger partial charge in [-0.1, -0.05) is 26.8 Å². The third-order valence-corrected chi connectivity index (χ3v) is 8.88. The van der Waals surface area contributed by atoms with Gasteiger partial charge in [0.2, 0.25) is 11.8 Å². The average molecular weight is 525 g/mol. The molecule has 5 amide bonds. The molecule has 0 bridgehead atoms. The van der Waals surface area contributed by atoms with Crippen LogP contribution in [0.3, 0.4) is 0 Å². The normalized spacial score (nSPS) is 29.3. The van der Waals surface area contributed by atoms with E-state index in [4.69, 9.17) is 0 Å². The third-order valence-electron chi connectivity index (χ3n) is 8.88. The third kappa shape index (κ3) is 4.33. The van der Waals surface area contributed by atoms with Gasteiger partial charge in [0.05, 0.1) is 11.1 Å². The predicted octanol–water partition coefficient (Wildman–Crippen LogP) is 3.47. The lowest BCUT2D eigenvalue weighted by Gasteiger charge is -2.63. The molecule has 0 aromatic heterocycles. The summed E-state index contributed by atoms with van der Waals surface area (Å²) in [4.78, 5) is 64.5. The van der Waals surface area contributed by atoms with Crippen LogP contribution in [0, 0.1) is 16.7 Å². The van der Waals surface area contributed by atoms with E-state index in [1.54, 1.807) is 23.1 Å². The number of likely N-dealkylation sites (tertiary alicyclic amines) is 1. The summed E-state index contributed by atoms with van der Waals surface area (Å²) in [7, 11) is 0. The smallest absolute Gasteiger partial charge is 0.407 e. The molecular formula is C28H36N4O6. The highest BCUT2D eigenvalue weighted by molar-refractivity contribution is 6.25. The van der Waals surface area contributed by atoms with Crippen molar-refractivity contribution in [1.29, 1.82) is 0 Å². The van der Waals surface area contributed by atoms with Crippen LogP contribution in [-0.4, -0.2) is 69.8 Å². The van der Waals surface area contributed by atoms with E-state index in [1.807, 2.05) is 0 Å². The number of nitrogens with one attached hydrogen (secondary N) is 2. The Bertz CT molecular complexity index is 1200. The van der Waals surface area contributed by atoms with Crippen molar-refractivity contribution in [1.82, 2.24) is 15.1 Å². The number of rotatable bonds is 5. The number of hydrogen-bond donors (Lipinski definition) is 3. The highest BCUT2D eigenvalue weighted by Gasteiger charge is 2.59. The monoisotopic (exact) mass is 524 g/mol. The van der Waals surface area contributed by atoms with Crippen LogP contribution in [-0.2, 0) is 9.59 Å². The average Bonchev–Trinajstić information content (AvgIpc) is 3.08. The van der Waals surface area contributed by atoms with Crippen LogP contribution in [0.5, 0.6) is 0 Å². The number of imide groups is 2. The lowest BCUT2D eigenvalue weighted by Crippen LogP contribution is -2.71. The molecule has 1 aromatic carbocycles. The van der Waals surface area contributed by atoms with Crippen molar-refractivity contribution in [3.63, 3.8) is 0 Å². The molecule has 204 valence electrons. The first-order valence-corrected chi connectivity index (χ1v) is 13.5. The first-order chi connectivity index (χ1) is 17.9. The Hall–Kier alpha value is -3.43. The molecule has 10 nitrogen and oxygen atoms in total. The molecule has 5 rings (SSSR count). The molecule has 2 saturated heterocycles. The Morgan fingerprint density at radius 1 is 1.11 bits per heavy atom. The van der Waals surface area contributed by atoms with Crippen molar-refractivity contribution in [2.24, 2.45) is 16.7 Å². The fraction of sp³-hybridized carbons (Fsp3) is 0.607. The van der Waals surface area contributed by atoms with Crippen LogP contribution >= 0.6 is 0 Å². The maximum absolute atomic E-state index is 13.3. The lowest BCUT2D eigenvalue weighted by molar-refractivity contribution is -0.136. The quantitative estimate of drug-likeness (QED) is 0.502. The van der Waals surface area contributed by atoms with Crippen LogP contribution in [0.2, 0.25) is 0 Å². The highest BCUT2D eigenvalue weighted by atomic mass is 16.4. The van der Waals surface area contributed by atoms with Gasteiger partial charge in [-0.3, -0.25) is 29.4 Å². The van der Waals surface area contributed by atoms with Crippen LogP contribution in [0.1, 0.15) is 86.4 Å². The molecule has 3 heterocycles. The highest BCUT2D eigenvalue weighted by Crippen LogP contribution is 2.55. The Labute approximate surface area is 222 Å². The van der Waals surface area contributed by atoms with E-state index in [0.717, 1.165) is 37.0 Å². The molecule has 4 aliphatic rings. The van der Waals surface area contributed by atoms with Crippen LogP contribution in [0.15, 0.2) is 18.2 Å². The van der Waals surface area contributed by atoms with Gasteiger partial charge in [-0.25, -0.2) is 4.79 Å². The van der Waals surface area contributed by atoms with Gasteiger partial charge in [0.1, 0.15) is 6.04 Å². The van der Waals surface area contributed by atoms with Gasteiger partial charge in [-0.15, -0.1) is 0 Å². The number of benzene rings is 1. The van der Waals surface area contributed by atoms with E-state index >= 15 is 0 Å². The fourth-order valence-electron chi connectivity index (χ4n) is 7.35. The Balaban J connectivity index is 1.19. The summed E-state index contributed by atoms with van der Waals surface area (Å²) in [6, 6.07) is 4.15. The fourth-order valence-corrected chi connectivity index (χ4v) is 7.35. The number of carboxylic acid groups (broad SMARTS) is 1. The summed E-state index contributed by atoms with van der Waals surface area (Å²) < 4.78 is 0. The Morgan fingerprint density at radius 3 is 2.45 bits per heavy atom. The minimum absolute atomic E-state index is 0.0364. The number of amides is 5. The van der Waals surface area contributed by atoms with Gasteiger partial charge < -0.3 is 15.3 Å². The van der Waals surface area contributed by atoms with Gasteiger partial charge in [-0.2, -0.15) is 0 Å². The molecule has 38 heavy (non-hydrogen) atoms. The summed E-state index contributed by atoms with van der Waals surface area (Å²) in [5, 5.41) is 15.2. The minimum Gasteiger partial charge on any atom is -0.465 e. The zero-order chi connectivity index (χ0) is 27.4. The maximum atomic E-state index is 13.3. The minimum atomic E-state index is -0.983. The van der Waals surface area contributed by atoms with Gasteiger partial charge >= 0.3 is 6.09 Å². The first-order valence-electron chi connectivity index (χ1n) is 13.5. The van der Waals surface area contributed by atoms with Crippen molar-refractivity contribution in [2.75, 3.05) is 18.4 Å². The largest absolute Gasteiger partial charge is 0.465 e. The van der Waals surface area contributed by atoms with Crippen molar-refractivity contribution in [3.8, 4) is 0 Å². The molecular weight excluding hydrogens is 488 g/mol. The second-order valence-electron chi connectivity index (χ2n) is 12.4. The number of nitrogens with zero attached hydrogens (tertiary/aromatic N) is 2. The van der Waals surface area contributed by atoms with Crippen LogP contribution in [0.4, 0.5) is 10.5 Å². The standard InChI is InChI=1S/C28H36N4O6/c1-27(2,3)25-28(15-31(25)26(37)38)12-9-16(10-13-28)11-14-29-18-6-4-5-17-21(18)24(36)32(23(17)35)19-7-8-20(33)30-22(19)34/h4-6,16,19,25,29H,7-15H2,1-3H3,(H,37,38)(H,30,33,34). The van der Waals surface area contributed by atoms with E-state index in [2.05, 4.69) is 31.4 Å². The van der Waals surface area contributed by atoms with Crippen molar-refractivity contribution in [2.45, 2.75) is 77.8 Å². The number of carbonyl (C=O) groups is 5. The lowest BCUT2D eigenvalue weighted by atomic mass is 9.55. The van der Waals surface area contributed by atoms with Gasteiger partial charge in [-0.05, 0) is 62.0 Å². The van der Waals surface area contributed by atoms with E-state index in [-0.39, 0.29) is 40.8 Å². The van der Waals surface area contributed by atoms with Gasteiger partial charge in [0, 0.05) is 36.7 Å². The number of anilines is 1. The number of fused-ring (bicyclic) bond motifs is 1. The number of piperidine rings is 1. The molecule has 1 saturated carbocycles. The summed E-state index contributed by atoms with van der Waals surface area (Å²) in [6.07, 6.45) is 4.38. The summed E-state index contributed by atoms with van der Waals surface area (Å²) in [6.45, 7) is 7.62. The van der Waals surface area contributed by atoms with Crippen LogP contribution in [0.25, 0.3) is 0 Å². The summed E-state index contributed by atoms with van der Waals surface area (Å²) >= 11 is 0. The second kappa shape index (κ2) is 9.39. The Kier molecular flexibility index (Phi) is 6.47. The van der Waals surface area contributed by atoms with Gasteiger partial charge in [0.25, 0.3) is 11.8 Å². The predicted molar refractivity (Wildman–Crippen MR) is 139 cm³/mol. The molecule has 3 fully saturated rings. The van der Waals surface area contributed by atoms with Crippen LogP contribution < -0.4 is 10.6 Å². The molecule has 3 aliphatic heterocycles. The van der Waals surface area contributed by atoms with E-state index in [0.29, 0.717) is 24.7 Å². The molecule has 10 heteroatoms. The van der Waals surface area contributed by atoms with Gasteiger partial charge in [0.15, 0.2) is 0 Å². The Morgan fingerprint density at radius 2 is 1.82 bits per heavy atom. The SMILES string of the molecule is CC(C)(C)C1N(C(=O)O)CC12CCC(CCNc1cccc3c1C(=O)N(C1CCC(=O)NC1=O)C3=O)CC2. The molecule has 2 atom stereocenters. The summed E-state index contributed by atoms with van der Waals surface area (Å²) in [5.74, 6) is -1.54. The van der Waals surface area contributed by atoms with E-state index in [9.17, 15) is 29.1 Å².